The number of Topliss-reactive ketones (excluding diaryl/α,β-unsaturated/α-hetero) is 1. The van der Waals surface area contributed by atoms with Crippen molar-refractivity contribution in [1.82, 2.24) is 0 Å². The maximum atomic E-state index is 11.6. The van der Waals surface area contributed by atoms with Gasteiger partial charge in [-0.25, -0.2) is 0 Å². The molecule has 5 atom stereocenters. The molecule has 1 heteroatoms. The van der Waals surface area contributed by atoms with E-state index in [-0.39, 0.29) is 0 Å². The van der Waals surface area contributed by atoms with Gasteiger partial charge in [-0.05, 0) is 53.8 Å². The second-order valence-electron chi connectivity index (χ2n) is 7.73. The first-order valence-electron chi connectivity index (χ1n) is 7.39. The summed E-state index contributed by atoms with van der Waals surface area (Å²) in [5, 5.41) is 0. The highest BCUT2D eigenvalue weighted by molar-refractivity contribution is 5.79. The zero-order valence-electron chi connectivity index (χ0n) is 11.8. The van der Waals surface area contributed by atoms with Crippen molar-refractivity contribution >= 4 is 5.78 Å². The molecule has 0 heterocycles. The molecule has 96 valence electrons. The molecule has 1 spiro atoms. The zero-order chi connectivity index (χ0) is 12.4. The van der Waals surface area contributed by atoms with E-state index in [4.69, 9.17) is 0 Å². The van der Waals surface area contributed by atoms with Gasteiger partial charge in [-0.15, -0.1) is 0 Å². The average molecular weight is 234 g/mol. The van der Waals surface area contributed by atoms with Gasteiger partial charge in [-0.2, -0.15) is 0 Å². The topological polar surface area (TPSA) is 17.1 Å². The summed E-state index contributed by atoms with van der Waals surface area (Å²) < 4.78 is 0. The Bertz CT molecular complexity index is 357. The van der Waals surface area contributed by atoms with Crippen LogP contribution < -0.4 is 0 Å². The maximum absolute atomic E-state index is 11.6. The van der Waals surface area contributed by atoms with Crippen LogP contribution in [0, 0.1) is 34.5 Å². The van der Waals surface area contributed by atoms with E-state index in [1.165, 1.54) is 19.3 Å². The molecule has 17 heavy (non-hydrogen) atoms. The van der Waals surface area contributed by atoms with Gasteiger partial charge < -0.3 is 0 Å². The highest BCUT2D eigenvalue weighted by atomic mass is 16.1. The minimum Gasteiger partial charge on any atom is -0.300 e. The van der Waals surface area contributed by atoms with Crippen molar-refractivity contribution in [3.63, 3.8) is 0 Å². The van der Waals surface area contributed by atoms with Crippen LogP contribution in [0.1, 0.15) is 59.8 Å². The number of hydrogen-bond acceptors (Lipinski definition) is 1. The molecule has 4 saturated carbocycles. The standard InChI is InChI=1S/C16H26O/c1-10-7-13(17)5-6-16(10)9-12-8-14(11(16)2)15(12,3)4/h10-12,14H,5-9H2,1-4H3/t10-,11?,12?,14?,16?/m1/s1. The lowest BCUT2D eigenvalue weighted by Gasteiger charge is -2.68. The lowest BCUT2D eigenvalue weighted by molar-refractivity contribution is -0.195. The molecule has 4 unspecified atom stereocenters. The van der Waals surface area contributed by atoms with Gasteiger partial charge in [0.15, 0.2) is 0 Å². The van der Waals surface area contributed by atoms with Crippen LogP contribution in [-0.4, -0.2) is 5.78 Å². The highest BCUT2D eigenvalue weighted by Gasteiger charge is 2.63. The Morgan fingerprint density at radius 1 is 1.24 bits per heavy atom. The van der Waals surface area contributed by atoms with Gasteiger partial charge in [0.05, 0.1) is 0 Å². The molecule has 0 aromatic heterocycles. The summed E-state index contributed by atoms with van der Waals surface area (Å²) in [6.45, 7) is 9.75. The third-order valence-electron chi connectivity index (χ3n) is 7.07. The van der Waals surface area contributed by atoms with Crippen LogP contribution in [0.25, 0.3) is 0 Å². The summed E-state index contributed by atoms with van der Waals surface area (Å²) in [6, 6.07) is 0. The minimum atomic E-state index is 0.508. The van der Waals surface area contributed by atoms with Crippen molar-refractivity contribution in [1.29, 1.82) is 0 Å². The fourth-order valence-electron chi connectivity index (χ4n) is 5.54. The Kier molecular flexibility index (Phi) is 2.32. The first-order chi connectivity index (χ1) is 7.88. The van der Waals surface area contributed by atoms with E-state index in [1.54, 1.807) is 0 Å². The second-order valence-corrected chi connectivity index (χ2v) is 7.73. The van der Waals surface area contributed by atoms with Crippen LogP contribution in [0.15, 0.2) is 0 Å². The summed E-state index contributed by atoms with van der Waals surface area (Å²) in [6.07, 6.45) is 5.73. The fourth-order valence-corrected chi connectivity index (χ4v) is 5.54. The van der Waals surface area contributed by atoms with Crippen LogP contribution in [-0.2, 0) is 4.79 Å². The van der Waals surface area contributed by atoms with E-state index < -0.39 is 0 Å². The van der Waals surface area contributed by atoms with Crippen molar-refractivity contribution in [2.45, 2.75) is 59.8 Å². The van der Waals surface area contributed by atoms with Crippen molar-refractivity contribution in [3.8, 4) is 0 Å². The van der Waals surface area contributed by atoms with Crippen molar-refractivity contribution < 1.29 is 4.79 Å². The van der Waals surface area contributed by atoms with Crippen molar-refractivity contribution in [3.05, 3.63) is 0 Å². The molecule has 4 aliphatic rings. The van der Waals surface area contributed by atoms with Gasteiger partial charge in [0, 0.05) is 12.8 Å². The molecule has 4 aliphatic carbocycles. The number of hydrogen-bond donors (Lipinski definition) is 0. The Morgan fingerprint density at radius 2 is 1.94 bits per heavy atom. The van der Waals surface area contributed by atoms with Gasteiger partial charge in [-0.3, -0.25) is 4.79 Å². The molecule has 0 radical (unpaired) electrons. The van der Waals surface area contributed by atoms with E-state index in [2.05, 4.69) is 27.7 Å². The highest BCUT2D eigenvalue weighted by Crippen LogP contribution is 2.70. The third-order valence-corrected chi connectivity index (χ3v) is 7.07. The van der Waals surface area contributed by atoms with Crippen LogP contribution >= 0.6 is 0 Å². The van der Waals surface area contributed by atoms with E-state index in [0.29, 0.717) is 22.5 Å². The molecule has 2 bridgehead atoms. The first kappa shape index (κ1) is 11.7. The number of carbonyl (C=O) groups is 1. The van der Waals surface area contributed by atoms with Crippen LogP contribution in [0.3, 0.4) is 0 Å². The van der Waals surface area contributed by atoms with Crippen LogP contribution in [0.5, 0.6) is 0 Å². The largest absolute Gasteiger partial charge is 0.300 e. The SMILES string of the molecule is CC1C2CC(CC13CCC(=O)C[C@H]3C)C2(C)C. The normalized spacial score (nSPS) is 52.4. The number of carbonyl (C=O) groups excluding carboxylic acids is 1. The molecule has 0 aromatic rings. The molecule has 0 aromatic carbocycles. The smallest absolute Gasteiger partial charge is 0.133 e. The molecular formula is C16H26O. The summed E-state index contributed by atoms with van der Waals surface area (Å²) in [4.78, 5) is 11.6. The van der Waals surface area contributed by atoms with Crippen molar-refractivity contribution in [2.75, 3.05) is 0 Å². The molecule has 0 amide bonds. The first-order valence-corrected chi connectivity index (χ1v) is 7.39. The second kappa shape index (κ2) is 3.36. The Balaban J connectivity index is 1.88. The summed E-state index contributed by atoms with van der Waals surface area (Å²) >= 11 is 0. The minimum absolute atomic E-state index is 0.508. The lowest BCUT2D eigenvalue weighted by atomic mass is 9.36. The maximum Gasteiger partial charge on any atom is 0.133 e. The van der Waals surface area contributed by atoms with Crippen LogP contribution in [0.2, 0.25) is 0 Å². The molecule has 1 nitrogen and oxygen atoms in total. The molecule has 4 rings (SSSR count). The average Bonchev–Trinajstić information content (AvgIpc) is 2.26. The molecule has 0 N–H and O–H groups in total. The van der Waals surface area contributed by atoms with Gasteiger partial charge in [0.25, 0.3) is 0 Å². The summed E-state index contributed by atoms with van der Waals surface area (Å²) in [5.41, 5.74) is 1.09. The molecule has 4 fully saturated rings. The van der Waals surface area contributed by atoms with E-state index in [0.717, 1.165) is 30.6 Å². The van der Waals surface area contributed by atoms with Gasteiger partial charge >= 0.3 is 0 Å². The monoisotopic (exact) mass is 234 g/mol. The third kappa shape index (κ3) is 1.34. The van der Waals surface area contributed by atoms with Crippen LogP contribution in [0.4, 0.5) is 0 Å². The Hall–Kier alpha value is -0.330. The summed E-state index contributed by atoms with van der Waals surface area (Å²) in [5.74, 6) is 3.80. The molecule has 0 aliphatic heterocycles. The molecular weight excluding hydrogens is 208 g/mol. The zero-order valence-corrected chi connectivity index (χ0v) is 11.8. The Morgan fingerprint density at radius 3 is 2.47 bits per heavy atom. The van der Waals surface area contributed by atoms with E-state index in [9.17, 15) is 4.79 Å². The van der Waals surface area contributed by atoms with Gasteiger partial charge in [0.2, 0.25) is 0 Å². The van der Waals surface area contributed by atoms with Crippen molar-refractivity contribution in [2.24, 2.45) is 34.5 Å². The van der Waals surface area contributed by atoms with E-state index >= 15 is 0 Å². The summed E-state index contributed by atoms with van der Waals surface area (Å²) in [7, 11) is 0. The number of ketones is 1. The van der Waals surface area contributed by atoms with Gasteiger partial charge in [-0.1, -0.05) is 27.7 Å². The predicted molar refractivity (Wildman–Crippen MR) is 69.6 cm³/mol. The molecule has 0 saturated heterocycles. The number of rotatable bonds is 0. The Labute approximate surface area is 105 Å². The van der Waals surface area contributed by atoms with Gasteiger partial charge in [0.1, 0.15) is 5.78 Å². The fraction of sp³-hybridized carbons (Fsp3) is 0.938. The quantitative estimate of drug-likeness (QED) is 0.617. The predicted octanol–water partition coefficient (Wildman–Crippen LogP) is 4.06. The lowest BCUT2D eigenvalue weighted by Crippen LogP contribution is -2.61. The van der Waals surface area contributed by atoms with E-state index in [1.807, 2.05) is 0 Å².